The van der Waals surface area contributed by atoms with Gasteiger partial charge in [0, 0.05) is 50.4 Å². The van der Waals surface area contributed by atoms with Crippen LogP contribution in [0.5, 0.6) is 0 Å². The highest BCUT2D eigenvalue weighted by atomic mass is 15.3. The van der Waals surface area contributed by atoms with Gasteiger partial charge in [-0.2, -0.15) is 0 Å². The van der Waals surface area contributed by atoms with Gasteiger partial charge in [0.05, 0.1) is 5.69 Å². The molecule has 4 rings (SSSR count). The number of benzene rings is 1. The number of aromatic nitrogens is 1. The number of nitrogens with zero attached hydrogens (tertiary/aromatic N) is 3. The van der Waals surface area contributed by atoms with E-state index in [1.807, 2.05) is 0 Å². The van der Waals surface area contributed by atoms with E-state index in [4.69, 9.17) is 4.98 Å². The lowest BCUT2D eigenvalue weighted by Gasteiger charge is -2.30. The van der Waals surface area contributed by atoms with Crippen molar-refractivity contribution in [3.05, 3.63) is 77.6 Å². The molecule has 2 unspecified atom stereocenters. The number of rotatable bonds is 7. The molecule has 2 aliphatic heterocycles. The summed E-state index contributed by atoms with van der Waals surface area (Å²) >= 11 is 0. The minimum Gasteiger partial charge on any atom is -0.299 e. The van der Waals surface area contributed by atoms with Crippen LogP contribution in [0, 0.1) is 18.3 Å². The summed E-state index contributed by atoms with van der Waals surface area (Å²) in [6.07, 6.45) is 6.96. The molecule has 3 nitrogen and oxygen atoms in total. The molecule has 3 heteroatoms. The van der Waals surface area contributed by atoms with Gasteiger partial charge >= 0.3 is 0 Å². The number of fused-ring (bicyclic) bond motifs is 1. The predicted octanol–water partition coefficient (Wildman–Crippen LogP) is 4.33. The third-order valence-electron chi connectivity index (χ3n) is 6.59. The Hall–Kier alpha value is -1.97. The first-order valence-corrected chi connectivity index (χ1v) is 10.7. The Kier molecular flexibility index (Phi) is 5.93. The fraction of sp³-hybridized carbons (Fsp3) is 0.480. The zero-order valence-corrected chi connectivity index (χ0v) is 17.3. The van der Waals surface area contributed by atoms with Crippen LogP contribution in [-0.4, -0.2) is 47.5 Å². The van der Waals surface area contributed by atoms with Gasteiger partial charge in [-0.05, 0) is 50.3 Å². The molecular weight excluding hydrogens is 342 g/mol. The lowest BCUT2D eigenvalue weighted by atomic mass is 9.76. The van der Waals surface area contributed by atoms with Crippen LogP contribution in [0.15, 0.2) is 60.7 Å². The third kappa shape index (κ3) is 4.37. The highest BCUT2D eigenvalue weighted by Crippen LogP contribution is 2.46. The van der Waals surface area contributed by atoms with Crippen LogP contribution in [0.3, 0.4) is 0 Å². The number of likely N-dealkylation sites (tertiary alicyclic amines) is 2. The predicted molar refractivity (Wildman–Crippen MR) is 116 cm³/mol. The van der Waals surface area contributed by atoms with Crippen molar-refractivity contribution in [2.45, 2.75) is 33.2 Å². The molecule has 0 amide bonds. The van der Waals surface area contributed by atoms with Crippen LogP contribution >= 0.6 is 0 Å². The van der Waals surface area contributed by atoms with Gasteiger partial charge in [-0.3, -0.25) is 14.8 Å². The molecule has 2 aromatic rings. The first-order valence-electron chi connectivity index (χ1n) is 10.7. The topological polar surface area (TPSA) is 19.4 Å². The number of pyridine rings is 1. The number of hydrogen-bond donors (Lipinski definition) is 0. The zero-order chi connectivity index (χ0) is 19.4. The maximum absolute atomic E-state index is 4.74. The normalized spacial score (nSPS) is 25.6. The first kappa shape index (κ1) is 19.4. The van der Waals surface area contributed by atoms with Gasteiger partial charge in [0.1, 0.15) is 0 Å². The van der Waals surface area contributed by atoms with E-state index in [1.165, 1.54) is 50.3 Å². The third-order valence-corrected chi connectivity index (χ3v) is 6.59. The SMILES string of the molecule is C/C=C/CN1CC2CN(Cc3cccc(C)n3)CC2(CCc2ccccc2)C1. The highest BCUT2D eigenvalue weighted by Gasteiger charge is 2.51. The van der Waals surface area contributed by atoms with Gasteiger partial charge in [-0.25, -0.2) is 0 Å². The number of allylic oxidation sites excluding steroid dienone is 1. The van der Waals surface area contributed by atoms with E-state index in [0.29, 0.717) is 5.41 Å². The maximum Gasteiger partial charge on any atom is 0.0547 e. The molecule has 1 aromatic heterocycles. The van der Waals surface area contributed by atoms with E-state index in [2.05, 4.69) is 84.3 Å². The van der Waals surface area contributed by atoms with Gasteiger partial charge in [-0.1, -0.05) is 48.6 Å². The molecule has 2 saturated heterocycles. The van der Waals surface area contributed by atoms with E-state index >= 15 is 0 Å². The van der Waals surface area contributed by atoms with Crippen LogP contribution in [0.1, 0.15) is 30.3 Å². The van der Waals surface area contributed by atoms with Gasteiger partial charge < -0.3 is 0 Å². The molecule has 0 radical (unpaired) electrons. The zero-order valence-electron chi connectivity index (χ0n) is 17.3. The van der Waals surface area contributed by atoms with Crippen LogP contribution in [-0.2, 0) is 13.0 Å². The number of aryl methyl sites for hydroxylation is 2. The van der Waals surface area contributed by atoms with Crippen LogP contribution < -0.4 is 0 Å². The standard InChI is InChI=1S/C25H33N3/c1-3-4-15-27-16-23-17-28(18-24-12-8-9-21(2)26-24)20-25(23,19-27)14-13-22-10-6-5-7-11-22/h3-12,23H,13-20H2,1-2H3/b4-3+. The first-order chi connectivity index (χ1) is 13.7. The summed E-state index contributed by atoms with van der Waals surface area (Å²) in [7, 11) is 0. The van der Waals surface area contributed by atoms with E-state index in [9.17, 15) is 0 Å². The lowest BCUT2D eigenvalue weighted by Crippen LogP contribution is -2.34. The van der Waals surface area contributed by atoms with Crippen molar-refractivity contribution in [1.29, 1.82) is 0 Å². The summed E-state index contributed by atoms with van der Waals surface area (Å²) in [4.78, 5) is 10.1. The van der Waals surface area contributed by atoms with Crippen molar-refractivity contribution >= 4 is 0 Å². The summed E-state index contributed by atoms with van der Waals surface area (Å²) in [5.74, 6) is 0.770. The Morgan fingerprint density at radius 1 is 1.04 bits per heavy atom. The average Bonchev–Trinajstić information content (AvgIpc) is 3.19. The molecule has 3 heterocycles. The Bertz CT molecular complexity index is 800. The molecule has 0 aliphatic carbocycles. The van der Waals surface area contributed by atoms with Crippen molar-refractivity contribution in [1.82, 2.24) is 14.8 Å². The number of hydrogen-bond acceptors (Lipinski definition) is 3. The van der Waals surface area contributed by atoms with E-state index < -0.39 is 0 Å². The Balaban J connectivity index is 1.46. The second-order valence-corrected chi connectivity index (χ2v) is 8.75. The van der Waals surface area contributed by atoms with Crippen molar-refractivity contribution in [3.63, 3.8) is 0 Å². The minimum atomic E-state index is 0.418. The fourth-order valence-corrected chi connectivity index (χ4v) is 5.23. The molecule has 2 atom stereocenters. The molecule has 1 aromatic carbocycles. The Morgan fingerprint density at radius 3 is 2.61 bits per heavy atom. The summed E-state index contributed by atoms with van der Waals surface area (Å²) in [5.41, 5.74) is 4.22. The largest absolute Gasteiger partial charge is 0.299 e. The van der Waals surface area contributed by atoms with Crippen molar-refractivity contribution in [2.24, 2.45) is 11.3 Å². The van der Waals surface area contributed by atoms with Gasteiger partial charge in [0.15, 0.2) is 0 Å². The molecule has 0 saturated carbocycles. The summed E-state index contributed by atoms with van der Waals surface area (Å²) in [5, 5.41) is 0. The molecule has 0 spiro atoms. The van der Waals surface area contributed by atoms with Crippen molar-refractivity contribution in [3.8, 4) is 0 Å². The lowest BCUT2D eigenvalue weighted by molar-refractivity contribution is 0.204. The van der Waals surface area contributed by atoms with Gasteiger partial charge in [0.25, 0.3) is 0 Å². The molecular formula is C25H33N3. The molecule has 2 aliphatic rings. The summed E-state index contributed by atoms with van der Waals surface area (Å²) in [6.45, 7) is 11.2. The summed E-state index contributed by atoms with van der Waals surface area (Å²) < 4.78 is 0. The quantitative estimate of drug-likeness (QED) is 0.672. The van der Waals surface area contributed by atoms with E-state index in [-0.39, 0.29) is 0 Å². The highest BCUT2D eigenvalue weighted by molar-refractivity contribution is 5.17. The Labute approximate surface area is 170 Å². The van der Waals surface area contributed by atoms with Gasteiger partial charge in [-0.15, -0.1) is 0 Å². The molecule has 2 fully saturated rings. The molecule has 28 heavy (non-hydrogen) atoms. The Morgan fingerprint density at radius 2 is 1.82 bits per heavy atom. The summed E-state index contributed by atoms with van der Waals surface area (Å²) in [6, 6.07) is 17.4. The van der Waals surface area contributed by atoms with E-state index in [0.717, 1.165) is 24.7 Å². The monoisotopic (exact) mass is 375 g/mol. The fourth-order valence-electron chi connectivity index (χ4n) is 5.23. The molecule has 148 valence electrons. The van der Waals surface area contributed by atoms with Crippen LogP contribution in [0.4, 0.5) is 0 Å². The van der Waals surface area contributed by atoms with Crippen LogP contribution in [0.2, 0.25) is 0 Å². The molecule has 0 N–H and O–H groups in total. The average molecular weight is 376 g/mol. The van der Waals surface area contributed by atoms with Crippen LogP contribution in [0.25, 0.3) is 0 Å². The molecule has 0 bridgehead atoms. The minimum absolute atomic E-state index is 0.418. The smallest absolute Gasteiger partial charge is 0.0547 e. The second kappa shape index (κ2) is 8.59. The second-order valence-electron chi connectivity index (χ2n) is 8.75. The maximum atomic E-state index is 4.74. The van der Waals surface area contributed by atoms with E-state index in [1.54, 1.807) is 0 Å². The van der Waals surface area contributed by atoms with Crippen molar-refractivity contribution in [2.75, 3.05) is 32.7 Å². The van der Waals surface area contributed by atoms with Gasteiger partial charge in [0.2, 0.25) is 0 Å². The van der Waals surface area contributed by atoms with Crippen molar-refractivity contribution < 1.29 is 0 Å².